The van der Waals surface area contributed by atoms with Crippen LogP contribution in [0.4, 0.5) is 0 Å². The Labute approximate surface area is 120 Å². The number of hydrogen-bond acceptors (Lipinski definition) is 6. The van der Waals surface area contributed by atoms with Crippen LogP contribution in [0.2, 0.25) is 0 Å². The summed E-state index contributed by atoms with van der Waals surface area (Å²) in [6, 6.07) is 2.53. The maximum Gasteiger partial charge on any atom is 0.196 e. The molecule has 1 aromatic carbocycles. The first-order valence-electron chi connectivity index (χ1n) is 6.43. The minimum Gasteiger partial charge on any atom is -0.508 e. The largest absolute Gasteiger partial charge is 0.508 e. The van der Waals surface area contributed by atoms with Gasteiger partial charge in [0.15, 0.2) is 17.4 Å². The molecule has 110 valence electrons. The van der Waals surface area contributed by atoms with E-state index in [2.05, 4.69) is 0 Å². The molecule has 0 amide bonds. The molecule has 6 nitrogen and oxygen atoms in total. The first kappa shape index (κ1) is 13.8. The lowest BCUT2D eigenvalue weighted by atomic mass is 9.80. The van der Waals surface area contributed by atoms with Gasteiger partial charge in [-0.3, -0.25) is 9.59 Å². The topological polar surface area (TPSA) is 93.1 Å². The molecule has 2 N–H and O–H groups in total. The van der Waals surface area contributed by atoms with Crippen LogP contribution in [-0.2, 0) is 4.74 Å². The Morgan fingerprint density at radius 1 is 1.24 bits per heavy atom. The van der Waals surface area contributed by atoms with Gasteiger partial charge >= 0.3 is 0 Å². The average Bonchev–Trinajstić information content (AvgIpc) is 2.42. The van der Waals surface area contributed by atoms with Gasteiger partial charge in [-0.15, -0.1) is 0 Å². The Bertz CT molecular complexity index is 698. The zero-order valence-corrected chi connectivity index (χ0v) is 11.6. The SMILES string of the molecule is COc1cc(O)cc2c1C(=O)C1=C(C[C@](C)(O)OC1)C2=O. The van der Waals surface area contributed by atoms with Crippen molar-refractivity contribution in [3.8, 4) is 11.5 Å². The Kier molecular flexibility index (Phi) is 2.89. The quantitative estimate of drug-likeness (QED) is 0.807. The molecule has 1 aromatic rings. The summed E-state index contributed by atoms with van der Waals surface area (Å²) in [5, 5.41) is 19.6. The highest BCUT2D eigenvalue weighted by atomic mass is 16.6. The van der Waals surface area contributed by atoms with E-state index in [0.717, 1.165) is 0 Å². The van der Waals surface area contributed by atoms with Gasteiger partial charge in [0.2, 0.25) is 0 Å². The third-order valence-corrected chi connectivity index (χ3v) is 3.72. The predicted molar refractivity (Wildman–Crippen MR) is 71.5 cm³/mol. The number of phenols is 1. The van der Waals surface area contributed by atoms with Gasteiger partial charge in [0.05, 0.1) is 19.3 Å². The zero-order chi connectivity index (χ0) is 15.4. The van der Waals surface area contributed by atoms with Gasteiger partial charge in [0.25, 0.3) is 0 Å². The molecule has 6 heteroatoms. The molecule has 0 fully saturated rings. The molecular formula is C15H14O6. The molecule has 21 heavy (non-hydrogen) atoms. The number of carbonyl (C=O) groups excluding carboxylic acids is 2. The third kappa shape index (κ3) is 2.03. The number of rotatable bonds is 1. The van der Waals surface area contributed by atoms with Crippen molar-refractivity contribution in [2.45, 2.75) is 19.1 Å². The van der Waals surface area contributed by atoms with Crippen molar-refractivity contribution in [1.29, 1.82) is 0 Å². The highest BCUT2D eigenvalue weighted by Gasteiger charge is 2.41. The van der Waals surface area contributed by atoms with Crippen LogP contribution < -0.4 is 4.74 Å². The molecule has 0 spiro atoms. The molecule has 1 aliphatic heterocycles. The fraction of sp³-hybridized carbons (Fsp3) is 0.333. The molecule has 2 aliphatic rings. The number of aromatic hydroxyl groups is 1. The number of ketones is 2. The van der Waals surface area contributed by atoms with Crippen molar-refractivity contribution < 1.29 is 29.3 Å². The van der Waals surface area contributed by atoms with Crippen molar-refractivity contribution in [3.05, 3.63) is 34.4 Å². The summed E-state index contributed by atoms with van der Waals surface area (Å²) in [6.07, 6.45) is -0.0652. The van der Waals surface area contributed by atoms with Crippen LogP contribution in [0.15, 0.2) is 23.3 Å². The van der Waals surface area contributed by atoms with Crippen LogP contribution in [0.3, 0.4) is 0 Å². The fourth-order valence-corrected chi connectivity index (χ4v) is 2.71. The first-order valence-corrected chi connectivity index (χ1v) is 6.43. The summed E-state index contributed by atoms with van der Waals surface area (Å²) < 4.78 is 10.3. The van der Waals surface area contributed by atoms with E-state index in [1.165, 1.54) is 26.2 Å². The smallest absolute Gasteiger partial charge is 0.196 e. The summed E-state index contributed by atoms with van der Waals surface area (Å²) in [5.74, 6) is -2.25. The number of phenolic OH excluding ortho intramolecular Hbond substituents is 1. The Morgan fingerprint density at radius 3 is 2.62 bits per heavy atom. The van der Waals surface area contributed by atoms with Crippen molar-refractivity contribution >= 4 is 11.6 Å². The number of ether oxygens (including phenoxy) is 2. The molecule has 0 radical (unpaired) electrons. The van der Waals surface area contributed by atoms with E-state index in [0.29, 0.717) is 0 Å². The van der Waals surface area contributed by atoms with E-state index in [1.54, 1.807) is 0 Å². The van der Waals surface area contributed by atoms with Gasteiger partial charge in [-0.25, -0.2) is 0 Å². The summed E-state index contributed by atoms with van der Waals surface area (Å²) in [4.78, 5) is 25.1. The van der Waals surface area contributed by atoms with Gasteiger partial charge in [-0.2, -0.15) is 0 Å². The van der Waals surface area contributed by atoms with Crippen molar-refractivity contribution in [1.82, 2.24) is 0 Å². The minimum absolute atomic E-state index is 0.0652. The van der Waals surface area contributed by atoms with Gasteiger partial charge in [0.1, 0.15) is 11.5 Å². The number of hydrogen-bond donors (Lipinski definition) is 2. The van der Waals surface area contributed by atoms with Crippen LogP contribution in [0.1, 0.15) is 34.1 Å². The first-order chi connectivity index (χ1) is 9.84. The maximum atomic E-state index is 12.6. The second kappa shape index (κ2) is 4.41. The Balaban J connectivity index is 2.21. The lowest BCUT2D eigenvalue weighted by Crippen LogP contribution is -2.39. The van der Waals surface area contributed by atoms with Crippen LogP contribution in [0, 0.1) is 0 Å². The number of methoxy groups -OCH3 is 1. The van der Waals surface area contributed by atoms with E-state index < -0.39 is 11.6 Å². The summed E-state index contributed by atoms with van der Waals surface area (Å²) in [7, 11) is 1.36. The number of benzene rings is 1. The molecule has 1 aliphatic carbocycles. The minimum atomic E-state index is -1.48. The monoisotopic (exact) mass is 290 g/mol. The summed E-state index contributed by atoms with van der Waals surface area (Å²) >= 11 is 0. The van der Waals surface area contributed by atoms with Crippen LogP contribution in [0.5, 0.6) is 11.5 Å². The van der Waals surface area contributed by atoms with Crippen LogP contribution >= 0.6 is 0 Å². The van der Waals surface area contributed by atoms with E-state index in [-0.39, 0.29) is 52.6 Å². The Hall–Kier alpha value is -2.18. The molecule has 1 heterocycles. The normalized spacial score (nSPS) is 24.7. The molecule has 3 rings (SSSR count). The highest BCUT2D eigenvalue weighted by Crippen LogP contribution is 2.40. The number of fused-ring (bicyclic) bond motifs is 1. The molecule has 0 saturated carbocycles. The standard InChI is InChI=1S/C15H14O6/c1-15(19)5-9-10(6-21-15)14(18)12-8(13(9)17)3-7(16)4-11(12)20-2/h3-4,16,19H,5-6H2,1-2H3/t15-/m1/s1. The lowest BCUT2D eigenvalue weighted by Gasteiger charge is -2.33. The summed E-state index contributed by atoms with van der Waals surface area (Å²) in [6.45, 7) is 1.31. The maximum absolute atomic E-state index is 12.6. The molecule has 0 unspecified atom stereocenters. The van der Waals surface area contributed by atoms with Gasteiger partial charge in [0, 0.05) is 29.2 Å². The van der Waals surface area contributed by atoms with E-state index in [1.807, 2.05) is 0 Å². The van der Waals surface area contributed by atoms with Gasteiger partial charge < -0.3 is 19.7 Å². The van der Waals surface area contributed by atoms with Crippen molar-refractivity contribution in [2.24, 2.45) is 0 Å². The van der Waals surface area contributed by atoms with E-state index in [9.17, 15) is 19.8 Å². The number of aliphatic hydroxyl groups is 1. The molecule has 1 atom stereocenters. The summed E-state index contributed by atoms with van der Waals surface area (Å²) in [5.41, 5.74) is 0.692. The van der Waals surface area contributed by atoms with Crippen LogP contribution in [0.25, 0.3) is 0 Å². The van der Waals surface area contributed by atoms with Crippen LogP contribution in [-0.4, -0.2) is 41.3 Å². The fourth-order valence-electron chi connectivity index (χ4n) is 2.71. The van der Waals surface area contributed by atoms with Gasteiger partial charge in [-0.05, 0) is 13.0 Å². The zero-order valence-electron chi connectivity index (χ0n) is 11.6. The second-order valence-corrected chi connectivity index (χ2v) is 5.33. The molecule has 0 bridgehead atoms. The van der Waals surface area contributed by atoms with Crippen molar-refractivity contribution in [2.75, 3.05) is 13.7 Å². The lowest BCUT2D eigenvalue weighted by molar-refractivity contribution is -0.187. The third-order valence-electron chi connectivity index (χ3n) is 3.72. The number of carbonyl (C=O) groups is 2. The second-order valence-electron chi connectivity index (χ2n) is 5.33. The van der Waals surface area contributed by atoms with Crippen molar-refractivity contribution in [3.63, 3.8) is 0 Å². The number of Topliss-reactive ketones (excluding diaryl/α,β-unsaturated/α-hetero) is 2. The van der Waals surface area contributed by atoms with E-state index in [4.69, 9.17) is 9.47 Å². The molecule has 0 saturated heterocycles. The molecular weight excluding hydrogens is 276 g/mol. The average molecular weight is 290 g/mol. The van der Waals surface area contributed by atoms with E-state index >= 15 is 0 Å². The predicted octanol–water partition coefficient (Wildman–Crippen LogP) is 1.21. The Morgan fingerprint density at radius 2 is 1.95 bits per heavy atom. The van der Waals surface area contributed by atoms with Gasteiger partial charge in [-0.1, -0.05) is 0 Å². The highest BCUT2D eigenvalue weighted by molar-refractivity contribution is 6.28. The molecule has 0 aromatic heterocycles.